The minimum atomic E-state index is -0.458. The van der Waals surface area contributed by atoms with E-state index >= 15 is 0 Å². The van der Waals surface area contributed by atoms with Gasteiger partial charge in [0.25, 0.3) is 0 Å². The molecule has 0 bridgehead atoms. The molecule has 2 rings (SSSR count). The molecule has 4 heteroatoms. The molecule has 2 unspecified atom stereocenters. The second-order valence-electron chi connectivity index (χ2n) is 4.88. The number of carbonyl (C=O) groups is 1. The van der Waals surface area contributed by atoms with Gasteiger partial charge in [-0.05, 0) is 38.0 Å². The lowest BCUT2D eigenvalue weighted by Crippen LogP contribution is -2.42. The zero-order valence-corrected chi connectivity index (χ0v) is 11.8. The fraction of sp³-hybridized carbons (Fsp3) is 0.500. The first-order chi connectivity index (χ1) is 8.51. The summed E-state index contributed by atoms with van der Waals surface area (Å²) in [5, 5.41) is 4.15. The SMILES string of the molecule is CCN1C(=O)C(C)(CC)NC1c1ccc(Cl)cc1. The summed E-state index contributed by atoms with van der Waals surface area (Å²) in [5.74, 6) is 0.174. The second-order valence-corrected chi connectivity index (χ2v) is 5.31. The van der Waals surface area contributed by atoms with Crippen molar-refractivity contribution in [3.05, 3.63) is 34.9 Å². The summed E-state index contributed by atoms with van der Waals surface area (Å²) >= 11 is 5.90. The van der Waals surface area contributed by atoms with E-state index < -0.39 is 5.54 Å². The summed E-state index contributed by atoms with van der Waals surface area (Å²) in [6.07, 6.45) is 0.733. The van der Waals surface area contributed by atoms with Crippen LogP contribution in [0.4, 0.5) is 0 Å². The predicted molar refractivity (Wildman–Crippen MR) is 73.4 cm³/mol. The van der Waals surface area contributed by atoms with Crippen molar-refractivity contribution in [3.8, 4) is 0 Å². The van der Waals surface area contributed by atoms with E-state index in [1.165, 1.54) is 0 Å². The van der Waals surface area contributed by atoms with Gasteiger partial charge in [-0.25, -0.2) is 0 Å². The molecule has 1 aliphatic rings. The summed E-state index contributed by atoms with van der Waals surface area (Å²) < 4.78 is 0. The van der Waals surface area contributed by atoms with Gasteiger partial charge in [-0.1, -0.05) is 30.7 Å². The van der Waals surface area contributed by atoms with Crippen molar-refractivity contribution in [3.63, 3.8) is 0 Å². The van der Waals surface area contributed by atoms with Gasteiger partial charge in [0, 0.05) is 11.6 Å². The maximum Gasteiger partial charge on any atom is 0.244 e. The Balaban J connectivity index is 2.33. The summed E-state index contributed by atoms with van der Waals surface area (Å²) in [6, 6.07) is 7.66. The van der Waals surface area contributed by atoms with Crippen LogP contribution in [0.3, 0.4) is 0 Å². The number of nitrogens with zero attached hydrogens (tertiary/aromatic N) is 1. The van der Waals surface area contributed by atoms with Crippen molar-refractivity contribution < 1.29 is 4.79 Å². The van der Waals surface area contributed by atoms with Crippen LogP contribution in [0.5, 0.6) is 0 Å². The van der Waals surface area contributed by atoms with Crippen molar-refractivity contribution >= 4 is 17.5 Å². The van der Waals surface area contributed by atoms with Crippen molar-refractivity contribution in [2.24, 2.45) is 0 Å². The lowest BCUT2D eigenvalue weighted by molar-refractivity contribution is -0.132. The molecular formula is C14H19ClN2O. The van der Waals surface area contributed by atoms with Crippen molar-refractivity contribution in [2.45, 2.75) is 38.9 Å². The topological polar surface area (TPSA) is 32.3 Å². The molecule has 18 heavy (non-hydrogen) atoms. The first-order valence-electron chi connectivity index (χ1n) is 6.36. The predicted octanol–water partition coefficient (Wildman–Crippen LogP) is 2.96. The zero-order valence-electron chi connectivity index (χ0n) is 11.0. The summed E-state index contributed by atoms with van der Waals surface area (Å²) in [7, 11) is 0. The fourth-order valence-electron chi connectivity index (χ4n) is 2.36. The van der Waals surface area contributed by atoms with Gasteiger partial charge >= 0.3 is 0 Å². The molecule has 0 aliphatic carbocycles. The van der Waals surface area contributed by atoms with Crippen molar-refractivity contribution in [1.29, 1.82) is 0 Å². The van der Waals surface area contributed by atoms with E-state index in [-0.39, 0.29) is 12.1 Å². The Morgan fingerprint density at radius 1 is 1.33 bits per heavy atom. The molecule has 3 nitrogen and oxygen atoms in total. The summed E-state index contributed by atoms with van der Waals surface area (Å²) in [6.45, 7) is 6.70. The Labute approximate surface area is 113 Å². The highest BCUT2D eigenvalue weighted by Gasteiger charge is 2.46. The van der Waals surface area contributed by atoms with Crippen LogP contribution in [0.25, 0.3) is 0 Å². The van der Waals surface area contributed by atoms with Crippen molar-refractivity contribution in [1.82, 2.24) is 10.2 Å². The van der Waals surface area contributed by atoms with Crippen LogP contribution in [0.1, 0.15) is 38.9 Å². The largest absolute Gasteiger partial charge is 0.322 e. The molecule has 1 N–H and O–H groups in total. The number of nitrogens with one attached hydrogen (secondary N) is 1. The fourth-order valence-corrected chi connectivity index (χ4v) is 2.49. The Hall–Kier alpha value is -1.06. The van der Waals surface area contributed by atoms with Gasteiger partial charge in [-0.2, -0.15) is 0 Å². The monoisotopic (exact) mass is 266 g/mol. The van der Waals surface area contributed by atoms with Gasteiger partial charge in [0.15, 0.2) is 0 Å². The van der Waals surface area contributed by atoms with Crippen molar-refractivity contribution in [2.75, 3.05) is 6.54 Å². The third-order valence-corrected chi connectivity index (χ3v) is 3.99. The van der Waals surface area contributed by atoms with Crippen LogP contribution < -0.4 is 5.32 Å². The lowest BCUT2D eigenvalue weighted by atomic mass is 9.99. The Kier molecular flexibility index (Phi) is 3.64. The van der Waals surface area contributed by atoms with Gasteiger partial charge in [-0.15, -0.1) is 0 Å². The number of rotatable bonds is 3. The number of carbonyl (C=O) groups excluding carboxylic acids is 1. The van der Waals surface area contributed by atoms with E-state index in [9.17, 15) is 4.79 Å². The Morgan fingerprint density at radius 2 is 1.94 bits per heavy atom. The zero-order chi connectivity index (χ0) is 13.3. The van der Waals surface area contributed by atoms with Crippen LogP contribution in [0.2, 0.25) is 5.02 Å². The normalized spacial score (nSPS) is 27.9. The molecule has 0 radical (unpaired) electrons. The van der Waals surface area contributed by atoms with E-state index in [1.54, 1.807) is 0 Å². The molecule has 1 amide bonds. The Morgan fingerprint density at radius 3 is 2.44 bits per heavy atom. The van der Waals surface area contributed by atoms with Gasteiger partial charge in [-0.3, -0.25) is 10.1 Å². The highest BCUT2D eigenvalue weighted by Crippen LogP contribution is 2.32. The summed E-state index contributed by atoms with van der Waals surface area (Å²) in [5.41, 5.74) is 0.618. The molecule has 0 aromatic heterocycles. The molecule has 1 aliphatic heterocycles. The number of benzene rings is 1. The van der Waals surface area contributed by atoms with E-state index in [4.69, 9.17) is 11.6 Å². The maximum atomic E-state index is 12.4. The highest BCUT2D eigenvalue weighted by molar-refractivity contribution is 6.30. The van der Waals surface area contributed by atoms with Gasteiger partial charge in [0.05, 0.1) is 5.54 Å². The number of hydrogen-bond donors (Lipinski definition) is 1. The number of likely N-dealkylation sites (N-methyl/N-ethyl adjacent to an activating group) is 1. The maximum absolute atomic E-state index is 12.4. The lowest BCUT2D eigenvalue weighted by Gasteiger charge is -2.22. The molecule has 1 aromatic carbocycles. The standard InChI is InChI=1S/C14H19ClN2O/c1-4-14(3)13(18)17(5-2)12(16-14)10-6-8-11(15)9-7-10/h6-9,12,16H,4-5H2,1-3H3. The van der Waals surface area contributed by atoms with Gasteiger partial charge < -0.3 is 4.90 Å². The summed E-state index contributed by atoms with van der Waals surface area (Å²) in [4.78, 5) is 14.3. The third kappa shape index (κ3) is 2.13. The molecular weight excluding hydrogens is 248 g/mol. The molecule has 1 heterocycles. The molecule has 1 fully saturated rings. The van der Waals surface area contributed by atoms with Gasteiger partial charge in [0.2, 0.25) is 5.91 Å². The molecule has 1 aromatic rings. The van der Waals surface area contributed by atoms with E-state index in [0.29, 0.717) is 11.6 Å². The Bertz CT molecular complexity index is 446. The smallest absolute Gasteiger partial charge is 0.244 e. The number of hydrogen-bond acceptors (Lipinski definition) is 2. The first-order valence-corrected chi connectivity index (χ1v) is 6.74. The highest BCUT2D eigenvalue weighted by atomic mass is 35.5. The molecule has 0 saturated carbocycles. The van der Waals surface area contributed by atoms with E-state index in [2.05, 4.69) is 5.32 Å². The van der Waals surface area contributed by atoms with E-state index in [0.717, 1.165) is 12.0 Å². The molecule has 2 atom stereocenters. The second kappa shape index (κ2) is 4.90. The van der Waals surface area contributed by atoms with Crippen LogP contribution >= 0.6 is 11.6 Å². The van der Waals surface area contributed by atoms with Crippen LogP contribution in [-0.4, -0.2) is 22.9 Å². The average Bonchev–Trinajstić information content (AvgIpc) is 2.63. The first kappa shape index (κ1) is 13.4. The number of amides is 1. The number of halogens is 1. The van der Waals surface area contributed by atoms with Crippen LogP contribution in [0.15, 0.2) is 24.3 Å². The molecule has 98 valence electrons. The van der Waals surface area contributed by atoms with Crippen LogP contribution in [-0.2, 0) is 4.79 Å². The third-order valence-electron chi connectivity index (χ3n) is 3.73. The van der Waals surface area contributed by atoms with E-state index in [1.807, 2.05) is 49.9 Å². The average molecular weight is 267 g/mol. The van der Waals surface area contributed by atoms with Crippen LogP contribution in [0, 0.1) is 0 Å². The molecule has 1 saturated heterocycles. The quantitative estimate of drug-likeness (QED) is 0.912. The van der Waals surface area contributed by atoms with Gasteiger partial charge in [0.1, 0.15) is 6.17 Å². The minimum absolute atomic E-state index is 0.0512. The molecule has 0 spiro atoms. The minimum Gasteiger partial charge on any atom is -0.322 e.